The first-order valence-electron chi connectivity index (χ1n) is 5.27. The van der Waals surface area contributed by atoms with Gasteiger partial charge < -0.3 is 5.11 Å². The number of thioether (sulfide) groups is 1. The number of benzene rings is 1. The maximum atomic E-state index is 12.0. The number of hydrogen-bond acceptors (Lipinski definition) is 4. The first-order chi connectivity index (χ1) is 8.61. The Morgan fingerprint density at radius 1 is 1.50 bits per heavy atom. The minimum Gasteiger partial charge on any atom is -0.508 e. The molecule has 5 heteroatoms. The summed E-state index contributed by atoms with van der Waals surface area (Å²) < 4.78 is 0.534. The van der Waals surface area contributed by atoms with Crippen LogP contribution in [0.25, 0.3) is 6.08 Å². The number of amides is 1. The third-order valence-electron chi connectivity index (χ3n) is 2.35. The van der Waals surface area contributed by atoms with Crippen LogP contribution < -0.4 is 0 Å². The SMILES string of the molecule is C=CCN1C(=O)C(=Cc2cccc(O)c2)SC1=S. The third kappa shape index (κ3) is 2.63. The van der Waals surface area contributed by atoms with Crippen LogP contribution in [0.5, 0.6) is 5.75 Å². The molecule has 1 saturated heterocycles. The van der Waals surface area contributed by atoms with Gasteiger partial charge in [-0.25, -0.2) is 0 Å². The molecule has 0 unspecified atom stereocenters. The van der Waals surface area contributed by atoms with Crippen molar-refractivity contribution < 1.29 is 9.90 Å². The van der Waals surface area contributed by atoms with Crippen LogP contribution in [0.4, 0.5) is 0 Å². The summed E-state index contributed by atoms with van der Waals surface area (Å²) in [7, 11) is 0. The zero-order valence-corrected chi connectivity index (χ0v) is 11.1. The van der Waals surface area contributed by atoms with Gasteiger partial charge in [-0.15, -0.1) is 6.58 Å². The predicted octanol–water partition coefficient (Wildman–Crippen LogP) is 2.78. The van der Waals surface area contributed by atoms with E-state index < -0.39 is 0 Å². The van der Waals surface area contributed by atoms with Gasteiger partial charge in [0.1, 0.15) is 10.1 Å². The Balaban J connectivity index is 2.27. The molecule has 1 N–H and O–H groups in total. The molecule has 18 heavy (non-hydrogen) atoms. The van der Waals surface area contributed by atoms with Crippen molar-refractivity contribution in [3.8, 4) is 5.75 Å². The zero-order chi connectivity index (χ0) is 13.1. The Morgan fingerprint density at radius 3 is 2.94 bits per heavy atom. The van der Waals surface area contributed by atoms with Gasteiger partial charge in [-0.1, -0.05) is 42.2 Å². The zero-order valence-electron chi connectivity index (χ0n) is 9.50. The van der Waals surface area contributed by atoms with Crippen LogP contribution in [-0.4, -0.2) is 26.8 Å². The second-order valence-corrected chi connectivity index (χ2v) is 5.35. The highest BCUT2D eigenvalue weighted by Crippen LogP contribution is 2.32. The lowest BCUT2D eigenvalue weighted by Crippen LogP contribution is -2.27. The van der Waals surface area contributed by atoms with Crippen molar-refractivity contribution >= 4 is 40.3 Å². The molecule has 0 radical (unpaired) electrons. The Morgan fingerprint density at radius 2 is 2.28 bits per heavy atom. The summed E-state index contributed by atoms with van der Waals surface area (Å²) in [5.74, 6) is 0.0542. The van der Waals surface area contributed by atoms with Crippen LogP contribution in [0.2, 0.25) is 0 Å². The molecule has 0 bridgehead atoms. The van der Waals surface area contributed by atoms with E-state index >= 15 is 0 Å². The van der Waals surface area contributed by atoms with Crippen molar-refractivity contribution in [1.82, 2.24) is 4.90 Å². The second-order valence-electron chi connectivity index (χ2n) is 3.68. The monoisotopic (exact) mass is 277 g/mol. The largest absolute Gasteiger partial charge is 0.508 e. The molecule has 0 atom stereocenters. The van der Waals surface area contributed by atoms with E-state index in [2.05, 4.69) is 6.58 Å². The first-order valence-corrected chi connectivity index (χ1v) is 6.49. The molecule has 0 aliphatic carbocycles. The normalized spacial score (nSPS) is 17.6. The fraction of sp³-hybridized carbons (Fsp3) is 0.0769. The van der Waals surface area contributed by atoms with Crippen LogP contribution in [-0.2, 0) is 4.79 Å². The van der Waals surface area contributed by atoms with E-state index in [0.29, 0.717) is 15.8 Å². The standard InChI is InChI=1S/C13H11NO2S2/c1-2-6-14-12(16)11(18-13(14)17)8-9-4-3-5-10(15)7-9/h2-5,7-8,15H,1,6H2. The topological polar surface area (TPSA) is 40.5 Å². The van der Waals surface area contributed by atoms with E-state index in [4.69, 9.17) is 12.2 Å². The van der Waals surface area contributed by atoms with Gasteiger partial charge in [0, 0.05) is 6.54 Å². The van der Waals surface area contributed by atoms with Gasteiger partial charge in [-0.2, -0.15) is 0 Å². The lowest BCUT2D eigenvalue weighted by atomic mass is 10.2. The molecule has 1 aliphatic rings. The number of carbonyl (C=O) groups excluding carboxylic acids is 1. The van der Waals surface area contributed by atoms with Crippen molar-refractivity contribution in [2.24, 2.45) is 0 Å². The molecule has 0 aromatic heterocycles. The fourth-order valence-electron chi connectivity index (χ4n) is 1.55. The average molecular weight is 277 g/mol. The number of aromatic hydroxyl groups is 1. The molecule has 0 saturated carbocycles. The molecular weight excluding hydrogens is 266 g/mol. The number of phenols is 1. The van der Waals surface area contributed by atoms with Gasteiger partial charge >= 0.3 is 0 Å². The first kappa shape index (κ1) is 12.9. The molecule has 1 fully saturated rings. The summed E-state index contributed by atoms with van der Waals surface area (Å²) in [5, 5.41) is 9.37. The number of thiocarbonyl (C=S) groups is 1. The summed E-state index contributed by atoms with van der Waals surface area (Å²) in [5.41, 5.74) is 0.772. The third-order valence-corrected chi connectivity index (χ3v) is 3.73. The predicted molar refractivity (Wildman–Crippen MR) is 78.2 cm³/mol. The molecule has 1 heterocycles. The number of carbonyl (C=O) groups is 1. The van der Waals surface area contributed by atoms with E-state index in [-0.39, 0.29) is 11.7 Å². The summed E-state index contributed by atoms with van der Waals surface area (Å²) >= 11 is 6.39. The Labute approximate surface area is 115 Å². The molecule has 1 aromatic carbocycles. The van der Waals surface area contributed by atoms with Crippen LogP contribution in [0.1, 0.15) is 5.56 Å². The van der Waals surface area contributed by atoms with Gasteiger partial charge in [0.2, 0.25) is 0 Å². The number of nitrogens with zero attached hydrogens (tertiary/aromatic N) is 1. The van der Waals surface area contributed by atoms with Gasteiger partial charge in [0.25, 0.3) is 5.91 Å². The summed E-state index contributed by atoms with van der Waals surface area (Å²) in [6.07, 6.45) is 3.37. The van der Waals surface area contributed by atoms with Crippen molar-refractivity contribution in [2.45, 2.75) is 0 Å². The number of hydrogen-bond donors (Lipinski definition) is 1. The smallest absolute Gasteiger partial charge is 0.266 e. The van der Waals surface area contributed by atoms with E-state index in [1.165, 1.54) is 16.7 Å². The quantitative estimate of drug-likeness (QED) is 0.524. The van der Waals surface area contributed by atoms with Crippen LogP contribution in [0.15, 0.2) is 41.8 Å². The van der Waals surface area contributed by atoms with Crippen molar-refractivity contribution in [3.05, 3.63) is 47.4 Å². The lowest BCUT2D eigenvalue weighted by Gasteiger charge is -2.10. The Kier molecular flexibility index (Phi) is 3.84. The number of phenolic OH excluding ortho intramolecular Hbond substituents is 1. The summed E-state index contributed by atoms with van der Waals surface area (Å²) in [6.45, 7) is 4.02. The molecule has 1 amide bonds. The molecule has 0 spiro atoms. The Bertz CT molecular complexity index is 552. The molecule has 1 aromatic rings. The van der Waals surface area contributed by atoms with E-state index in [0.717, 1.165) is 5.56 Å². The maximum Gasteiger partial charge on any atom is 0.266 e. The lowest BCUT2D eigenvalue weighted by molar-refractivity contribution is -0.121. The van der Waals surface area contributed by atoms with E-state index in [9.17, 15) is 9.90 Å². The second kappa shape index (κ2) is 5.37. The van der Waals surface area contributed by atoms with E-state index in [1.807, 2.05) is 6.07 Å². The highest BCUT2D eigenvalue weighted by atomic mass is 32.2. The van der Waals surface area contributed by atoms with Crippen LogP contribution in [0, 0.1) is 0 Å². The van der Waals surface area contributed by atoms with Crippen molar-refractivity contribution in [1.29, 1.82) is 0 Å². The number of rotatable bonds is 3. The van der Waals surface area contributed by atoms with E-state index in [1.54, 1.807) is 30.4 Å². The van der Waals surface area contributed by atoms with Crippen LogP contribution in [0.3, 0.4) is 0 Å². The Hall–Kier alpha value is -1.59. The van der Waals surface area contributed by atoms with Gasteiger partial charge in [0.05, 0.1) is 4.91 Å². The van der Waals surface area contributed by atoms with Crippen molar-refractivity contribution in [2.75, 3.05) is 6.54 Å². The minimum absolute atomic E-state index is 0.117. The van der Waals surface area contributed by atoms with Gasteiger partial charge in [-0.3, -0.25) is 9.69 Å². The van der Waals surface area contributed by atoms with Crippen molar-refractivity contribution in [3.63, 3.8) is 0 Å². The molecule has 1 aliphatic heterocycles. The van der Waals surface area contributed by atoms with Gasteiger partial charge in [-0.05, 0) is 23.8 Å². The summed E-state index contributed by atoms with van der Waals surface area (Å²) in [4.78, 5) is 14.1. The molecule has 92 valence electrons. The molecule has 2 rings (SSSR count). The average Bonchev–Trinajstić information content (AvgIpc) is 2.57. The molecular formula is C13H11NO2S2. The maximum absolute atomic E-state index is 12.0. The highest BCUT2D eigenvalue weighted by Gasteiger charge is 2.30. The fourth-order valence-corrected chi connectivity index (χ4v) is 2.83. The minimum atomic E-state index is -0.117. The van der Waals surface area contributed by atoms with Gasteiger partial charge in [0.15, 0.2) is 0 Å². The van der Waals surface area contributed by atoms with Crippen LogP contribution >= 0.6 is 24.0 Å². The molecule has 3 nitrogen and oxygen atoms in total. The summed E-state index contributed by atoms with van der Waals surface area (Å²) in [6, 6.07) is 6.73. The highest BCUT2D eigenvalue weighted by molar-refractivity contribution is 8.26.